The number of nitrogens with one attached hydrogen (secondary N) is 2. The highest BCUT2D eigenvalue weighted by Crippen LogP contribution is 2.33. The SMILES string of the molecule is Cc1ccc(NC(=O)C(C)C2CNC2)cc1C(F)(F)F. The van der Waals surface area contributed by atoms with E-state index in [1.54, 1.807) is 6.92 Å². The molecule has 2 N–H and O–H groups in total. The standard InChI is InChI=1S/C14H17F3N2O/c1-8-3-4-11(5-12(8)14(15,16)17)19-13(20)9(2)10-6-18-7-10/h3-5,9-10,18H,6-7H2,1-2H3,(H,19,20). The second-order valence-corrected chi connectivity index (χ2v) is 5.22. The Kier molecular flexibility index (Phi) is 4.04. The van der Waals surface area contributed by atoms with Crippen molar-refractivity contribution >= 4 is 11.6 Å². The van der Waals surface area contributed by atoms with E-state index in [4.69, 9.17) is 0 Å². The van der Waals surface area contributed by atoms with Crippen LogP contribution < -0.4 is 10.6 Å². The highest BCUT2D eigenvalue weighted by atomic mass is 19.4. The summed E-state index contributed by atoms with van der Waals surface area (Å²) in [6, 6.07) is 3.85. The Morgan fingerprint density at radius 3 is 2.55 bits per heavy atom. The van der Waals surface area contributed by atoms with Crippen LogP contribution in [0.5, 0.6) is 0 Å². The molecule has 1 aliphatic rings. The number of alkyl halides is 3. The predicted octanol–water partition coefficient (Wildman–Crippen LogP) is 2.81. The smallest absolute Gasteiger partial charge is 0.326 e. The van der Waals surface area contributed by atoms with E-state index in [1.807, 2.05) is 0 Å². The third-order valence-electron chi connectivity index (χ3n) is 3.74. The fourth-order valence-corrected chi connectivity index (χ4v) is 2.14. The maximum atomic E-state index is 12.8. The number of amides is 1. The van der Waals surface area contributed by atoms with Crippen LogP contribution in [0.3, 0.4) is 0 Å². The minimum atomic E-state index is -4.41. The number of carbonyl (C=O) groups is 1. The number of halogens is 3. The molecule has 1 aromatic rings. The van der Waals surface area contributed by atoms with Crippen molar-refractivity contribution in [2.75, 3.05) is 18.4 Å². The van der Waals surface area contributed by atoms with E-state index >= 15 is 0 Å². The van der Waals surface area contributed by atoms with Gasteiger partial charge in [0.1, 0.15) is 0 Å². The maximum Gasteiger partial charge on any atom is 0.416 e. The van der Waals surface area contributed by atoms with Crippen LogP contribution in [0.2, 0.25) is 0 Å². The lowest BCUT2D eigenvalue weighted by Crippen LogP contribution is -2.48. The third kappa shape index (κ3) is 3.12. The Morgan fingerprint density at radius 1 is 1.40 bits per heavy atom. The molecule has 1 saturated heterocycles. The van der Waals surface area contributed by atoms with Gasteiger partial charge in [-0.25, -0.2) is 0 Å². The second kappa shape index (κ2) is 5.44. The van der Waals surface area contributed by atoms with Crippen molar-refractivity contribution in [1.29, 1.82) is 0 Å². The molecule has 2 rings (SSSR count). The first kappa shape index (κ1) is 14.8. The van der Waals surface area contributed by atoms with Crippen molar-refractivity contribution in [3.05, 3.63) is 29.3 Å². The molecule has 1 aliphatic heterocycles. The molecule has 110 valence electrons. The lowest BCUT2D eigenvalue weighted by molar-refractivity contribution is -0.138. The van der Waals surface area contributed by atoms with Crippen LogP contribution in [0.25, 0.3) is 0 Å². The Morgan fingerprint density at radius 2 is 2.05 bits per heavy atom. The summed E-state index contributed by atoms with van der Waals surface area (Å²) >= 11 is 0. The van der Waals surface area contributed by atoms with Crippen LogP contribution in [0, 0.1) is 18.8 Å². The quantitative estimate of drug-likeness (QED) is 0.897. The number of rotatable bonds is 3. The van der Waals surface area contributed by atoms with E-state index in [0.29, 0.717) is 0 Å². The number of benzene rings is 1. The van der Waals surface area contributed by atoms with Crippen molar-refractivity contribution in [3.63, 3.8) is 0 Å². The summed E-state index contributed by atoms with van der Waals surface area (Å²) in [6.45, 7) is 4.74. The molecular weight excluding hydrogens is 269 g/mol. The second-order valence-electron chi connectivity index (χ2n) is 5.22. The van der Waals surface area contributed by atoms with Gasteiger partial charge in [0.2, 0.25) is 5.91 Å². The maximum absolute atomic E-state index is 12.8. The van der Waals surface area contributed by atoms with Gasteiger partial charge in [-0.1, -0.05) is 13.0 Å². The van der Waals surface area contributed by atoms with Crippen LogP contribution >= 0.6 is 0 Å². The number of hydrogen-bond donors (Lipinski definition) is 2. The van der Waals surface area contributed by atoms with E-state index in [2.05, 4.69) is 10.6 Å². The van der Waals surface area contributed by atoms with Gasteiger partial charge >= 0.3 is 6.18 Å². The lowest BCUT2D eigenvalue weighted by atomic mass is 9.88. The molecule has 1 aromatic carbocycles. The molecule has 3 nitrogen and oxygen atoms in total. The fourth-order valence-electron chi connectivity index (χ4n) is 2.14. The topological polar surface area (TPSA) is 41.1 Å². The van der Waals surface area contributed by atoms with Crippen molar-refractivity contribution in [2.45, 2.75) is 20.0 Å². The molecule has 0 saturated carbocycles. The van der Waals surface area contributed by atoms with Gasteiger partial charge in [-0.15, -0.1) is 0 Å². The van der Waals surface area contributed by atoms with E-state index in [1.165, 1.54) is 19.1 Å². The van der Waals surface area contributed by atoms with Crippen LogP contribution in [-0.4, -0.2) is 19.0 Å². The minimum Gasteiger partial charge on any atom is -0.326 e. The van der Waals surface area contributed by atoms with E-state index < -0.39 is 11.7 Å². The summed E-state index contributed by atoms with van der Waals surface area (Å²) in [7, 11) is 0. The van der Waals surface area contributed by atoms with Gasteiger partial charge in [-0.05, 0) is 43.6 Å². The zero-order valence-corrected chi connectivity index (χ0v) is 11.3. The number of hydrogen-bond acceptors (Lipinski definition) is 2. The average Bonchev–Trinajstić information content (AvgIpc) is 2.27. The lowest BCUT2D eigenvalue weighted by Gasteiger charge is -2.31. The molecule has 6 heteroatoms. The Hall–Kier alpha value is -1.56. The van der Waals surface area contributed by atoms with Gasteiger partial charge in [0.25, 0.3) is 0 Å². The van der Waals surface area contributed by atoms with Crippen LogP contribution in [0.1, 0.15) is 18.1 Å². The minimum absolute atomic E-state index is 0.145. The monoisotopic (exact) mass is 286 g/mol. The molecule has 1 fully saturated rings. The zero-order chi connectivity index (χ0) is 14.9. The summed E-state index contributed by atoms with van der Waals surface area (Å²) in [6.07, 6.45) is -4.41. The first-order chi connectivity index (χ1) is 9.29. The van der Waals surface area contributed by atoms with Gasteiger partial charge in [0.05, 0.1) is 5.56 Å². The predicted molar refractivity (Wildman–Crippen MR) is 70.3 cm³/mol. The molecule has 1 amide bonds. The number of anilines is 1. The van der Waals surface area contributed by atoms with Gasteiger partial charge in [0, 0.05) is 11.6 Å². The first-order valence-corrected chi connectivity index (χ1v) is 6.48. The molecule has 0 spiro atoms. The highest BCUT2D eigenvalue weighted by Gasteiger charge is 2.33. The summed E-state index contributed by atoms with van der Waals surface area (Å²) in [5.41, 5.74) is -0.382. The summed E-state index contributed by atoms with van der Waals surface area (Å²) in [5, 5.41) is 5.63. The fraction of sp³-hybridized carbons (Fsp3) is 0.500. The van der Waals surface area contributed by atoms with Gasteiger partial charge in [0.15, 0.2) is 0 Å². The summed E-state index contributed by atoms with van der Waals surface area (Å²) in [5.74, 6) is -0.206. The third-order valence-corrected chi connectivity index (χ3v) is 3.74. The summed E-state index contributed by atoms with van der Waals surface area (Å²) in [4.78, 5) is 12.0. The molecule has 1 unspecified atom stereocenters. The van der Waals surface area contributed by atoms with E-state index in [-0.39, 0.29) is 29.0 Å². The Labute approximate surface area is 115 Å². The zero-order valence-electron chi connectivity index (χ0n) is 11.3. The molecular formula is C14H17F3N2O. The molecule has 0 radical (unpaired) electrons. The summed E-state index contributed by atoms with van der Waals surface area (Å²) < 4.78 is 38.4. The van der Waals surface area contributed by atoms with Gasteiger partial charge in [-0.3, -0.25) is 4.79 Å². The van der Waals surface area contributed by atoms with Crippen molar-refractivity contribution < 1.29 is 18.0 Å². The Balaban J connectivity index is 2.11. The van der Waals surface area contributed by atoms with Crippen LogP contribution in [0.15, 0.2) is 18.2 Å². The first-order valence-electron chi connectivity index (χ1n) is 6.48. The van der Waals surface area contributed by atoms with Crippen molar-refractivity contribution in [1.82, 2.24) is 5.32 Å². The molecule has 0 aromatic heterocycles. The molecule has 0 bridgehead atoms. The van der Waals surface area contributed by atoms with Crippen molar-refractivity contribution in [2.24, 2.45) is 11.8 Å². The van der Waals surface area contributed by atoms with E-state index in [9.17, 15) is 18.0 Å². The Bertz CT molecular complexity index is 510. The molecule has 20 heavy (non-hydrogen) atoms. The van der Waals surface area contributed by atoms with Gasteiger partial charge < -0.3 is 10.6 Å². The molecule has 1 atom stereocenters. The molecule has 0 aliphatic carbocycles. The van der Waals surface area contributed by atoms with E-state index in [0.717, 1.165) is 19.2 Å². The highest BCUT2D eigenvalue weighted by molar-refractivity contribution is 5.92. The average molecular weight is 286 g/mol. The van der Waals surface area contributed by atoms with Crippen LogP contribution in [0.4, 0.5) is 18.9 Å². The van der Waals surface area contributed by atoms with Crippen molar-refractivity contribution in [3.8, 4) is 0 Å². The number of carbonyl (C=O) groups excluding carboxylic acids is 1. The van der Waals surface area contributed by atoms with Gasteiger partial charge in [-0.2, -0.15) is 13.2 Å². The van der Waals surface area contributed by atoms with Crippen LogP contribution in [-0.2, 0) is 11.0 Å². The number of aryl methyl sites for hydroxylation is 1. The largest absolute Gasteiger partial charge is 0.416 e. The molecule has 1 heterocycles. The normalized spacial score (nSPS) is 17.4.